The second-order valence-electron chi connectivity index (χ2n) is 8.65. The van der Waals surface area contributed by atoms with Gasteiger partial charge >= 0.3 is 0 Å². The van der Waals surface area contributed by atoms with Crippen LogP contribution in [0.3, 0.4) is 0 Å². The quantitative estimate of drug-likeness (QED) is 0.334. The second-order valence-corrected chi connectivity index (χ2v) is 8.65. The maximum absolute atomic E-state index is 13.3. The van der Waals surface area contributed by atoms with Crippen molar-refractivity contribution in [2.75, 3.05) is 13.1 Å². The number of hydrogen-bond donors (Lipinski definition) is 4. The molecular formula is C27H34N4O5. The Balaban J connectivity index is 2.40. The first-order valence-electron chi connectivity index (χ1n) is 12.0. The number of nitrogens with one attached hydrogen (secondary N) is 1. The fourth-order valence-electron chi connectivity index (χ4n) is 3.92. The minimum atomic E-state index is -1.43. The van der Waals surface area contributed by atoms with Gasteiger partial charge in [0.1, 0.15) is 6.10 Å². The van der Waals surface area contributed by atoms with Crippen molar-refractivity contribution in [3.8, 4) is 6.07 Å². The SMILES string of the molecule is CCCN(CCC)C(=O)c1cc(C(N)=O)cc(C(=O)NC(Cc2ccccc2)C(O)C(O)CC#N)c1. The van der Waals surface area contributed by atoms with Crippen molar-refractivity contribution in [1.82, 2.24) is 10.2 Å². The van der Waals surface area contributed by atoms with E-state index in [1.165, 1.54) is 18.2 Å². The smallest absolute Gasteiger partial charge is 0.253 e. The largest absolute Gasteiger partial charge is 0.389 e. The number of nitrogens with two attached hydrogens (primary N) is 1. The summed E-state index contributed by atoms with van der Waals surface area (Å²) in [6.45, 7) is 4.95. The van der Waals surface area contributed by atoms with Crippen LogP contribution in [0.4, 0.5) is 0 Å². The van der Waals surface area contributed by atoms with Gasteiger partial charge in [0.05, 0.1) is 24.6 Å². The average Bonchev–Trinajstić information content (AvgIpc) is 2.87. The number of hydrogen-bond acceptors (Lipinski definition) is 6. The van der Waals surface area contributed by atoms with Crippen molar-refractivity contribution in [2.24, 2.45) is 5.73 Å². The van der Waals surface area contributed by atoms with E-state index >= 15 is 0 Å². The summed E-state index contributed by atoms with van der Waals surface area (Å²) in [5, 5.41) is 32.5. The van der Waals surface area contributed by atoms with Crippen LogP contribution in [-0.2, 0) is 6.42 Å². The van der Waals surface area contributed by atoms with Crippen LogP contribution in [0.25, 0.3) is 0 Å². The Morgan fingerprint density at radius 2 is 1.58 bits per heavy atom. The number of carbonyl (C=O) groups is 3. The van der Waals surface area contributed by atoms with Gasteiger partial charge in [0, 0.05) is 29.8 Å². The van der Waals surface area contributed by atoms with Crippen LogP contribution in [0, 0.1) is 11.3 Å². The maximum atomic E-state index is 13.3. The van der Waals surface area contributed by atoms with Crippen molar-refractivity contribution in [3.63, 3.8) is 0 Å². The maximum Gasteiger partial charge on any atom is 0.253 e. The molecule has 3 unspecified atom stereocenters. The Kier molecular flexibility index (Phi) is 11.1. The number of benzene rings is 2. The van der Waals surface area contributed by atoms with Gasteiger partial charge in [-0.3, -0.25) is 14.4 Å². The van der Waals surface area contributed by atoms with Crippen molar-refractivity contribution in [2.45, 2.75) is 57.8 Å². The molecule has 0 aromatic heterocycles. The molecule has 0 aliphatic heterocycles. The fourth-order valence-corrected chi connectivity index (χ4v) is 3.92. The van der Waals surface area contributed by atoms with E-state index in [1.54, 1.807) is 23.1 Å². The highest BCUT2D eigenvalue weighted by molar-refractivity contribution is 6.04. The standard InChI is InChI=1S/C27H34N4O5/c1-3-12-31(13-4-2)27(36)21-16-19(25(29)34)15-20(17-21)26(35)30-22(24(33)23(32)10-11-28)14-18-8-6-5-7-9-18/h5-9,15-17,22-24,32-33H,3-4,10,12-14H2,1-2H3,(H2,29,34)(H,30,35). The van der Waals surface area contributed by atoms with Gasteiger partial charge in [-0.05, 0) is 43.0 Å². The molecule has 3 amide bonds. The van der Waals surface area contributed by atoms with Crippen LogP contribution < -0.4 is 11.1 Å². The molecule has 3 atom stereocenters. The van der Waals surface area contributed by atoms with E-state index < -0.39 is 30.1 Å². The molecule has 9 nitrogen and oxygen atoms in total. The molecule has 0 bridgehead atoms. The fraction of sp³-hybridized carbons (Fsp3) is 0.407. The summed E-state index contributed by atoms with van der Waals surface area (Å²) in [6, 6.07) is 14.0. The molecule has 9 heteroatoms. The number of aliphatic hydroxyl groups is 2. The van der Waals surface area contributed by atoms with Gasteiger partial charge in [-0.15, -0.1) is 0 Å². The Morgan fingerprint density at radius 3 is 2.14 bits per heavy atom. The lowest BCUT2D eigenvalue weighted by atomic mass is 9.95. The van der Waals surface area contributed by atoms with Crippen molar-refractivity contribution in [1.29, 1.82) is 5.26 Å². The molecule has 5 N–H and O–H groups in total. The number of aliphatic hydroxyl groups excluding tert-OH is 2. The van der Waals surface area contributed by atoms with Gasteiger partial charge in [-0.2, -0.15) is 5.26 Å². The van der Waals surface area contributed by atoms with Crippen LogP contribution in [-0.4, -0.2) is 64.2 Å². The summed E-state index contributed by atoms with van der Waals surface area (Å²) in [5.41, 5.74) is 6.44. The summed E-state index contributed by atoms with van der Waals surface area (Å²) in [4.78, 5) is 40.0. The molecule has 2 aromatic carbocycles. The van der Waals surface area contributed by atoms with E-state index in [0.717, 1.165) is 18.4 Å². The number of rotatable bonds is 13. The van der Waals surface area contributed by atoms with Crippen LogP contribution in [0.1, 0.15) is 69.7 Å². The van der Waals surface area contributed by atoms with Gasteiger partial charge in [-0.1, -0.05) is 44.2 Å². The molecule has 0 aliphatic carbocycles. The predicted molar refractivity (Wildman–Crippen MR) is 135 cm³/mol. The summed E-state index contributed by atoms with van der Waals surface area (Å²) in [6.07, 6.45) is -1.45. The topological polar surface area (TPSA) is 157 Å². The van der Waals surface area contributed by atoms with E-state index in [9.17, 15) is 24.6 Å². The van der Waals surface area contributed by atoms with Gasteiger partial charge in [0.25, 0.3) is 11.8 Å². The van der Waals surface area contributed by atoms with Crippen molar-refractivity contribution in [3.05, 3.63) is 70.8 Å². The third kappa shape index (κ3) is 7.90. The van der Waals surface area contributed by atoms with Gasteiger partial charge in [0.15, 0.2) is 0 Å². The lowest BCUT2D eigenvalue weighted by molar-refractivity contribution is -0.000338. The van der Waals surface area contributed by atoms with Gasteiger partial charge < -0.3 is 26.2 Å². The van der Waals surface area contributed by atoms with Crippen molar-refractivity contribution < 1.29 is 24.6 Å². The van der Waals surface area contributed by atoms with Crippen LogP contribution >= 0.6 is 0 Å². The summed E-state index contributed by atoms with van der Waals surface area (Å²) in [5.74, 6) is -1.77. The summed E-state index contributed by atoms with van der Waals surface area (Å²) >= 11 is 0. The number of nitrogens with zero attached hydrogens (tertiary/aromatic N) is 2. The summed E-state index contributed by atoms with van der Waals surface area (Å²) < 4.78 is 0. The Morgan fingerprint density at radius 1 is 1.00 bits per heavy atom. The molecule has 2 rings (SSSR count). The minimum Gasteiger partial charge on any atom is -0.389 e. The number of nitriles is 1. The molecule has 0 saturated carbocycles. The van der Waals surface area contributed by atoms with Crippen LogP contribution in [0.15, 0.2) is 48.5 Å². The first kappa shape index (κ1) is 28.5. The molecule has 0 fully saturated rings. The first-order valence-corrected chi connectivity index (χ1v) is 12.0. The Hall–Kier alpha value is -3.74. The molecule has 0 saturated heterocycles. The highest BCUT2D eigenvalue weighted by Crippen LogP contribution is 2.16. The molecule has 36 heavy (non-hydrogen) atoms. The molecule has 0 spiro atoms. The minimum absolute atomic E-state index is 0.00335. The second kappa shape index (κ2) is 14.0. The lowest BCUT2D eigenvalue weighted by Gasteiger charge is -2.27. The van der Waals surface area contributed by atoms with E-state index in [4.69, 9.17) is 11.0 Å². The van der Waals surface area contributed by atoms with E-state index in [0.29, 0.717) is 13.1 Å². The van der Waals surface area contributed by atoms with Gasteiger partial charge in [0.2, 0.25) is 5.91 Å². The molecule has 2 aromatic rings. The van der Waals surface area contributed by atoms with Gasteiger partial charge in [-0.25, -0.2) is 0 Å². The zero-order valence-electron chi connectivity index (χ0n) is 20.7. The number of primary amides is 1. The third-order valence-electron chi connectivity index (χ3n) is 5.72. The van der Waals surface area contributed by atoms with E-state index in [2.05, 4.69) is 5.32 Å². The number of carbonyl (C=O) groups excluding carboxylic acids is 3. The molecule has 0 radical (unpaired) electrons. The molecule has 192 valence electrons. The Labute approximate surface area is 211 Å². The van der Waals surface area contributed by atoms with Crippen LogP contribution in [0.2, 0.25) is 0 Å². The normalized spacial score (nSPS) is 13.2. The summed E-state index contributed by atoms with van der Waals surface area (Å²) in [7, 11) is 0. The van der Waals surface area contributed by atoms with Crippen molar-refractivity contribution >= 4 is 17.7 Å². The van der Waals surface area contributed by atoms with E-state index in [1.807, 2.05) is 32.0 Å². The highest BCUT2D eigenvalue weighted by atomic mass is 16.3. The molecule has 0 heterocycles. The highest BCUT2D eigenvalue weighted by Gasteiger charge is 2.29. The number of amides is 3. The Bertz CT molecular complexity index is 1080. The lowest BCUT2D eigenvalue weighted by Crippen LogP contribution is -2.49. The third-order valence-corrected chi connectivity index (χ3v) is 5.72. The predicted octanol–water partition coefficient (Wildman–Crippen LogP) is 2.02. The molecule has 0 aliphatic rings. The molecular weight excluding hydrogens is 460 g/mol. The average molecular weight is 495 g/mol. The monoisotopic (exact) mass is 494 g/mol. The zero-order chi connectivity index (χ0) is 26.7. The van der Waals surface area contributed by atoms with Crippen LogP contribution in [0.5, 0.6) is 0 Å². The first-order chi connectivity index (χ1) is 17.2. The zero-order valence-corrected chi connectivity index (χ0v) is 20.7. The van der Waals surface area contributed by atoms with E-state index in [-0.39, 0.29) is 35.4 Å².